The van der Waals surface area contributed by atoms with E-state index in [2.05, 4.69) is 6.57 Å². The van der Waals surface area contributed by atoms with Crippen LogP contribution in [0, 0.1) is 11.8 Å². The second-order valence-electron chi connectivity index (χ2n) is 1.47. The van der Waals surface area contributed by atoms with E-state index < -0.39 is 18.5 Å². The molecule has 8 heteroatoms. The van der Waals surface area contributed by atoms with Crippen LogP contribution in [0.5, 0.6) is 0 Å². The lowest BCUT2D eigenvalue weighted by atomic mass is 10.3. The van der Waals surface area contributed by atoms with E-state index in [1.54, 1.807) is 0 Å². The van der Waals surface area contributed by atoms with Gasteiger partial charge in [-0.15, -0.1) is 0 Å². The van der Waals surface area contributed by atoms with Crippen molar-refractivity contribution in [3.05, 3.63) is 0 Å². The highest BCUT2D eigenvalue weighted by Gasteiger charge is 2.62. The fourth-order valence-corrected chi connectivity index (χ4v) is 0.124. The van der Waals surface area contributed by atoms with Crippen LogP contribution in [0.4, 0.5) is 26.3 Å². The molecule has 0 heterocycles. The van der Waals surface area contributed by atoms with Crippen LogP contribution in [-0.4, -0.2) is 23.6 Å². The Kier molecular flexibility index (Phi) is 4.71. The monoisotopic (exact) mass is 195 g/mol. The summed E-state index contributed by atoms with van der Waals surface area (Å²) < 4.78 is 66.3. The van der Waals surface area contributed by atoms with E-state index in [9.17, 15) is 26.3 Å². The molecule has 0 bridgehead atoms. The van der Waals surface area contributed by atoms with E-state index in [1.165, 1.54) is 0 Å². The molecule has 1 atom stereocenters. The molecule has 0 aliphatic heterocycles. The maximum absolute atomic E-state index is 11.4. The average molecular weight is 195 g/mol. The summed E-state index contributed by atoms with van der Waals surface area (Å²) >= 11 is 0. The van der Waals surface area contributed by atoms with Gasteiger partial charge in [0.2, 0.25) is 0 Å². The maximum Gasteiger partial charge on any atom is 0.454 e. The van der Waals surface area contributed by atoms with Crippen molar-refractivity contribution in [3.63, 3.8) is 0 Å². The van der Waals surface area contributed by atoms with Crippen molar-refractivity contribution in [1.29, 1.82) is 5.26 Å². The lowest BCUT2D eigenvalue weighted by molar-refractivity contribution is -0.352. The van der Waals surface area contributed by atoms with Crippen LogP contribution < -0.4 is 0 Å². The van der Waals surface area contributed by atoms with Crippen LogP contribution >= 0.6 is 0 Å². The molecule has 0 saturated heterocycles. The van der Waals surface area contributed by atoms with E-state index in [0.29, 0.717) is 0 Å². The first-order chi connectivity index (χ1) is 5.19. The molecular weight excluding hydrogens is 192 g/mol. The van der Waals surface area contributed by atoms with Crippen LogP contribution in [0.15, 0.2) is 0 Å². The molecule has 2 nitrogen and oxygen atoms in total. The van der Waals surface area contributed by atoms with Gasteiger partial charge < -0.3 is 5.11 Å². The van der Waals surface area contributed by atoms with Gasteiger partial charge in [-0.1, -0.05) is 0 Å². The summed E-state index contributed by atoms with van der Waals surface area (Å²) in [5, 5.41) is 13.9. The highest BCUT2D eigenvalue weighted by Crippen LogP contribution is 2.36. The average Bonchev–Trinajstić information content (AvgIpc) is 1.89. The van der Waals surface area contributed by atoms with Gasteiger partial charge in [-0.05, 0) is 0 Å². The molecule has 72 valence electrons. The van der Waals surface area contributed by atoms with Gasteiger partial charge in [0.05, 0.1) is 0 Å². The third kappa shape index (κ3) is 2.96. The summed E-state index contributed by atoms with van der Waals surface area (Å²) in [6, 6.07) is 0. The first-order valence-corrected chi connectivity index (χ1v) is 2.21. The van der Waals surface area contributed by atoms with Gasteiger partial charge >= 0.3 is 18.5 Å². The first kappa shape index (κ1) is 13.6. The normalized spacial score (nSPS) is 16.2. The Morgan fingerprint density at radius 2 is 1.33 bits per heavy atom. The van der Waals surface area contributed by atoms with Crippen LogP contribution in [0.1, 0.15) is 0 Å². The fraction of sp³-hybridized carbons (Fsp3) is 0.750. The predicted octanol–water partition coefficient (Wildman–Crippen LogP) is 1.61. The predicted molar refractivity (Wildman–Crippen MR) is 24.8 cm³/mol. The molecule has 0 rings (SSSR count). The van der Waals surface area contributed by atoms with Crippen LogP contribution in [0.2, 0.25) is 0 Å². The summed E-state index contributed by atoms with van der Waals surface area (Å²) in [6.45, 7) is 3.50. The zero-order valence-electron chi connectivity index (χ0n) is 5.32. The zero-order valence-corrected chi connectivity index (χ0v) is 5.32. The Balaban J connectivity index is 0. The van der Waals surface area contributed by atoms with Gasteiger partial charge in [-0.25, -0.2) is 14.0 Å². The molecule has 0 aliphatic rings. The molecule has 0 aliphatic carbocycles. The first-order valence-electron chi connectivity index (χ1n) is 2.21. The highest BCUT2D eigenvalue weighted by molar-refractivity contribution is 4.76. The van der Waals surface area contributed by atoms with E-state index in [0.717, 1.165) is 0 Å². The molecule has 1 unspecified atom stereocenters. The van der Waals surface area contributed by atoms with Crippen molar-refractivity contribution in [2.45, 2.75) is 18.5 Å². The Hall–Kier alpha value is -0.970. The lowest BCUT2D eigenvalue weighted by Crippen LogP contribution is -2.47. The number of nitrogens with zero attached hydrogens (tertiary/aromatic N) is 1. The molecule has 0 aromatic carbocycles. The summed E-state index contributed by atoms with van der Waals surface area (Å²) in [5.74, 6) is -5.40. The second-order valence-corrected chi connectivity index (χ2v) is 1.47. The number of aliphatic hydroxyl groups is 1. The number of hydrogen-bond acceptors (Lipinski definition) is 2. The Morgan fingerprint density at radius 1 is 1.08 bits per heavy atom. The topological polar surface area (TPSA) is 44.0 Å². The molecule has 0 spiro atoms. The van der Waals surface area contributed by atoms with Crippen molar-refractivity contribution in [3.8, 4) is 6.57 Å². The largest absolute Gasteiger partial charge is 0.454 e. The standard InChI is InChI=1S/C3H2F6O.CHN/c4-1(5)2(6,10)3(7,8)9;1-2/h1,10H;1H. The smallest absolute Gasteiger partial charge is 0.350 e. The van der Waals surface area contributed by atoms with E-state index in [-0.39, 0.29) is 0 Å². The highest BCUT2D eigenvalue weighted by atomic mass is 19.4. The van der Waals surface area contributed by atoms with Crippen molar-refractivity contribution in [1.82, 2.24) is 0 Å². The number of rotatable bonds is 1. The Labute approximate surface area is 63.0 Å². The minimum Gasteiger partial charge on any atom is -0.350 e. The van der Waals surface area contributed by atoms with E-state index in [1.807, 2.05) is 0 Å². The Bertz CT molecular complexity index is 149. The Morgan fingerprint density at radius 3 is 1.33 bits per heavy atom. The molecule has 12 heavy (non-hydrogen) atoms. The summed E-state index contributed by atoms with van der Waals surface area (Å²) in [6.07, 6.45) is -10.4. The number of halogens is 6. The second kappa shape index (κ2) is 4.15. The SMILES string of the molecule is C#N.OC(F)(C(F)F)C(F)(F)F. The van der Waals surface area contributed by atoms with Gasteiger partial charge in [0.25, 0.3) is 0 Å². The lowest BCUT2D eigenvalue weighted by Gasteiger charge is -2.20. The summed E-state index contributed by atoms with van der Waals surface area (Å²) in [4.78, 5) is 0. The van der Waals surface area contributed by atoms with Gasteiger partial charge in [-0.2, -0.15) is 17.6 Å². The van der Waals surface area contributed by atoms with Crippen molar-refractivity contribution in [2.24, 2.45) is 0 Å². The maximum atomic E-state index is 11.4. The third-order valence-electron chi connectivity index (χ3n) is 0.687. The van der Waals surface area contributed by atoms with Gasteiger partial charge in [0.15, 0.2) is 0 Å². The number of alkyl halides is 6. The molecule has 0 aromatic rings. The molecule has 1 N–H and O–H groups in total. The quantitative estimate of drug-likeness (QED) is 0.646. The van der Waals surface area contributed by atoms with Gasteiger partial charge in [0, 0.05) is 6.57 Å². The minimum atomic E-state index is -5.94. The van der Waals surface area contributed by atoms with Crippen LogP contribution in [0.25, 0.3) is 0 Å². The van der Waals surface area contributed by atoms with Crippen LogP contribution in [0.3, 0.4) is 0 Å². The third-order valence-corrected chi connectivity index (χ3v) is 0.687. The van der Waals surface area contributed by atoms with Crippen molar-refractivity contribution < 1.29 is 31.4 Å². The molecule has 0 radical (unpaired) electrons. The van der Waals surface area contributed by atoms with Crippen LogP contribution in [-0.2, 0) is 0 Å². The summed E-state index contributed by atoms with van der Waals surface area (Å²) in [7, 11) is 0. The fourth-order valence-electron chi connectivity index (χ4n) is 0.124. The van der Waals surface area contributed by atoms with E-state index >= 15 is 0 Å². The summed E-state index contributed by atoms with van der Waals surface area (Å²) in [5.41, 5.74) is 0. The molecule has 0 aromatic heterocycles. The minimum absolute atomic E-state index is 3.50. The van der Waals surface area contributed by atoms with Gasteiger partial charge in [0.1, 0.15) is 0 Å². The van der Waals surface area contributed by atoms with Crippen molar-refractivity contribution >= 4 is 0 Å². The molecule has 0 fully saturated rings. The number of nitriles is 1. The van der Waals surface area contributed by atoms with Gasteiger partial charge in [-0.3, -0.25) is 0 Å². The van der Waals surface area contributed by atoms with Crippen molar-refractivity contribution in [2.75, 3.05) is 0 Å². The molecule has 0 saturated carbocycles. The van der Waals surface area contributed by atoms with E-state index in [4.69, 9.17) is 10.4 Å². The number of hydrogen-bond donors (Lipinski definition) is 1. The zero-order chi connectivity index (χ0) is 10.6. The molecular formula is C4H3F6NO. The molecule has 0 amide bonds.